The standard InChI is InChI=1S/C13H20O3Si/c1-5-15-13(14)12(16-17(2,3)4)11-9-7-6-8-10-11/h6-10,12H,5H2,1-4H3. The summed E-state index contributed by atoms with van der Waals surface area (Å²) >= 11 is 0. The van der Waals surface area contributed by atoms with Crippen LogP contribution in [0.25, 0.3) is 0 Å². The van der Waals surface area contributed by atoms with Gasteiger partial charge in [-0.25, -0.2) is 4.79 Å². The van der Waals surface area contributed by atoms with Crippen LogP contribution in [-0.4, -0.2) is 20.9 Å². The van der Waals surface area contributed by atoms with Gasteiger partial charge in [0.2, 0.25) is 0 Å². The number of carbonyl (C=O) groups is 1. The number of carbonyl (C=O) groups excluding carboxylic acids is 1. The lowest BCUT2D eigenvalue weighted by Crippen LogP contribution is -2.32. The van der Waals surface area contributed by atoms with Crippen LogP contribution in [-0.2, 0) is 14.0 Å². The molecule has 1 unspecified atom stereocenters. The van der Waals surface area contributed by atoms with Gasteiger partial charge in [0.25, 0.3) is 0 Å². The SMILES string of the molecule is CCOC(=O)C(O[Si](C)(C)C)c1ccccc1. The highest BCUT2D eigenvalue weighted by atomic mass is 28.4. The molecule has 1 rings (SSSR count). The Morgan fingerprint density at radius 1 is 1.24 bits per heavy atom. The van der Waals surface area contributed by atoms with Crippen LogP contribution in [0.3, 0.4) is 0 Å². The third-order valence-corrected chi connectivity index (χ3v) is 3.02. The molecule has 0 N–H and O–H groups in total. The normalized spacial score (nSPS) is 13.2. The predicted octanol–water partition coefficient (Wildman–Crippen LogP) is 3.14. The van der Waals surface area contributed by atoms with E-state index in [0.717, 1.165) is 5.56 Å². The van der Waals surface area contributed by atoms with E-state index < -0.39 is 14.4 Å². The highest BCUT2D eigenvalue weighted by molar-refractivity contribution is 6.69. The summed E-state index contributed by atoms with van der Waals surface area (Å²) in [4.78, 5) is 11.9. The number of rotatable bonds is 5. The van der Waals surface area contributed by atoms with Gasteiger partial charge in [0.1, 0.15) is 0 Å². The number of ether oxygens (including phenoxy) is 1. The smallest absolute Gasteiger partial charge is 0.338 e. The van der Waals surface area contributed by atoms with Crippen LogP contribution in [0.5, 0.6) is 0 Å². The van der Waals surface area contributed by atoms with Crippen molar-refractivity contribution in [1.29, 1.82) is 0 Å². The lowest BCUT2D eigenvalue weighted by molar-refractivity contribution is -0.152. The maximum Gasteiger partial charge on any atom is 0.338 e. The van der Waals surface area contributed by atoms with Crippen molar-refractivity contribution in [2.24, 2.45) is 0 Å². The van der Waals surface area contributed by atoms with Crippen molar-refractivity contribution in [2.45, 2.75) is 32.7 Å². The Bertz CT molecular complexity index is 357. The summed E-state index contributed by atoms with van der Waals surface area (Å²) in [6.45, 7) is 8.35. The predicted molar refractivity (Wildman–Crippen MR) is 70.2 cm³/mol. The molecule has 0 aliphatic rings. The Labute approximate surface area is 104 Å². The van der Waals surface area contributed by atoms with E-state index in [2.05, 4.69) is 19.6 Å². The van der Waals surface area contributed by atoms with Gasteiger partial charge < -0.3 is 9.16 Å². The minimum Gasteiger partial charge on any atom is -0.464 e. The molecule has 0 radical (unpaired) electrons. The van der Waals surface area contributed by atoms with Crippen molar-refractivity contribution < 1.29 is 14.0 Å². The first-order chi connectivity index (χ1) is 7.94. The first-order valence-corrected chi connectivity index (χ1v) is 9.24. The number of benzene rings is 1. The number of hydrogen-bond acceptors (Lipinski definition) is 3. The topological polar surface area (TPSA) is 35.5 Å². The van der Waals surface area contributed by atoms with Crippen LogP contribution in [0, 0.1) is 0 Å². The Kier molecular flexibility index (Phi) is 4.90. The summed E-state index contributed by atoms with van der Waals surface area (Å²) in [6, 6.07) is 9.49. The molecule has 0 aromatic heterocycles. The summed E-state index contributed by atoms with van der Waals surface area (Å²) < 4.78 is 11.0. The molecule has 0 fully saturated rings. The quantitative estimate of drug-likeness (QED) is 0.596. The van der Waals surface area contributed by atoms with E-state index in [1.54, 1.807) is 6.92 Å². The third-order valence-electron chi connectivity index (χ3n) is 2.07. The summed E-state index contributed by atoms with van der Waals surface area (Å²) in [5.41, 5.74) is 0.855. The van der Waals surface area contributed by atoms with Crippen molar-refractivity contribution >= 4 is 14.3 Å². The van der Waals surface area contributed by atoms with Crippen LogP contribution in [0.4, 0.5) is 0 Å². The molecule has 1 aromatic carbocycles. The van der Waals surface area contributed by atoms with Gasteiger partial charge >= 0.3 is 5.97 Å². The van der Waals surface area contributed by atoms with E-state index in [-0.39, 0.29) is 5.97 Å². The van der Waals surface area contributed by atoms with Crippen LogP contribution < -0.4 is 0 Å². The van der Waals surface area contributed by atoms with Crippen molar-refractivity contribution in [1.82, 2.24) is 0 Å². The molecule has 0 spiro atoms. The second-order valence-electron chi connectivity index (χ2n) is 4.77. The van der Waals surface area contributed by atoms with Gasteiger partial charge in [-0.15, -0.1) is 0 Å². The van der Waals surface area contributed by atoms with Gasteiger partial charge in [-0.2, -0.15) is 0 Å². The summed E-state index contributed by atoms with van der Waals surface area (Å²) in [5.74, 6) is -0.305. The zero-order chi connectivity index (χ0) is 12.9. The molecule has 3 nitrogen and oxygen atoms in total. The van der Waals surface area contributed by atoms with E-state index in [9.17, 15) is 4.79 Å². The molecule has 0 amide bonds. The molecule has 0 saturated carbocycles. The summed E-state index contributed by atoms with van der Waals surface area (Å²) in [6.07, 6.45) is -0.595. The van der Waals surface area contributed by atoms with E-state index >= 15 is 0 Å². The van der Waals surface area contributed by atoms with Gasteiger partial charge in [0.15, 0.2) is 14.4 Å². The molecule has 1 aromatic rings. The molecule has 1 atom stereocenters. The van der Waals surface area contributed by atoms with E-state index in [4.69, 9.17) is 9.16 Å². The van der Waals surface area contributed by atoms with Crippen LogP contribution in [0.15, 0.2) is 30.3 Å². The van der Waals surface area contributed by atoms with Crippen LogP contribution in [0.1, 0.15) is 18.6 Å². The Balaban J connectivity index is 2.91. The molecule has 0 bridgehead atoms. The van der Waals surface area contributed by atoms with Crippen molar-refractivity contribution in [3.05, 3.63) is 35.9 Å². The average Bonchev–Trinajstić information content (AvgIpc) is 2.26. The van der Waals surface area contributed by atoms with Crippen molar-refractivity contribution in [3.63, 3.8) is 0 Å². The first-order valence-electron chi connectivity index (χ1n) is 5.83. The minimum atomic E-state index is -1.80. The molecule has 94 valence electrons. The van der Waals surface area contributed by atoms with Gasteiger partial charge in [0.05, 0.1) is 6.61 Å². The zero-order valence-electron chi connectivity index (χ0n) is 10.9. The molecule has 0 saturated heterocycles. The highest BCUT2D eigenvalue weighted by Gasteiger charge is 2.28. The molecular weight excluding hydrogens is 232 g/mol. The summed E-state index contributed by atoms with van der Waals surface area (Å²) in [7, 11) is -1.80. The molecule has 0 aliphatic heterocycles. The second-order valence-corrected chi connectivity index (χ2v) is 9.23. The van der Waals surface area contributed by atoms with E-state index in [1.807, 2.05) is 30.3 Å². The largest absolute Gasteiger partial charge is 0.464 e. The maximum absolute atomic E-state index is 11.9. The van der Waals surface area contributed by atoms with Gasteiger partial charge in [-0.1, -0.05) is 30.3 Å². The molecule has 0 heterocycles. The minimum absolute atomic E-state index is 0.305. The lowest BCUT2D eigenvalue weighted by atomic mass is 10.1. The Hall–Kier alpha value is -1.13. The van der Waals surface area contributed by atoms with Crippen LogP contribution in [0.2, 0.25) is 19.6 Å². The van der Waals surface area contributed by atoms with Crippen LogP contribution >= 0.6 is 0 Å². The van der Waals surface area contributed by atoms with E-state index in [0.29, 0.717) is 6.61 Å². The molecule has 0 aliphatic carbocycles. The summed E-state index contributed by atoms with van der Waals surface area (Å²) in [5, 5.41) is 0. The van der Waals surface area contributed by atoms with Crippen molar-refractivity contribution in [3.8, 4) is 0 Å². The fourth-order valence-electron chi connectivity index (χ4n) is 1.45. The van der Waals surface area contributed by atoms with Gasteiger partial charge in [-0.05, 0) is 32.1 Å². The number of hydrogen-bond donors (Lipinski definition) is 0. The maximum atomic E-state index is 11.9. The van der Waals surface area contributed by atoms with Gasteiger partial charge in [0, 0.05) is 0 Å². The second kappa shape index (κ2) is 5.98. The fourth-order valence-corrected chi connectivity index (χ4v) is 2.39. The molecule has 4 heteroatoms. The van der Waals surface area contributed by atoms with Crippen molar-refractivity contribution in [2.75, 3.05) is 6.61 Å². The lowest BCUT2D eigenvalue weighted by Gasteiger charge is -2.25. The van der Waals surface area contributed by atoms with E-state index in [1.165, 1.54) is 0 Å². The average molecular weight is 252 g/mol. The Morgan fingerprint density at radius 3 is 2.29 bits per heavy atom. The first kappa shape index (κ1) is 13.9. The molecule has 17 heavy (non-hydrogen) atoms. The van der Waals surface area contributed by atoms with Gasteiger partial charge in [-0.3, -0.25) is 0 Å². The highest BCUT2D eigenvalue weighted by Crippen LogP contribution is 2.23. The Morgan fingerprint density at radius 2 is 1.82 bits per heavy atom. The molecular formula is C13H20O3Si. The fraction of sp³-hybridized carbons (Fsp3) is 0.462. The zero-order valence-corrected chi connectivity index (χ0v) is 11.9. The monoisotopic (exact) mass is 252 g/mol. The third kappa shape index (κ3) is 4.71. The number of esters is 1.